The van der Waals surface area contributed by atoms with Crippen molar-refractivity contribution in [2.45, 2.75) is 31.8 Å². The molecule has 2 heterocycles. The number of nitrogens with zero attached hydrogens (tertiary/aromatic N) is 2. The summed E-state index contributed by atoms with van der Waals surface area (Å²) in [6.45, 7) is 3.96. The van der Waals surface area contributed by atoms with E-state index in [9.17, 15) is 4.79 Å². The molecule has 1 aromatic carbocycles. The minimum Gasteiger partial charge on any atom is -0.331 e. The molecule has 29 heavy (non-hydrogen) atoms. The van der Waals surface area contributed by atoms with Gasteiger partial charge in [0.05, 0.1) is 16.1 Å². The van der Waals surface area contributed by atoms with Crippen molar-refractivity contribution in [1.82, 2.24) is 15.1 Å². The van der Waals surface area contributed by atoms with Crippen LogP contribution in [0.4, 0.5) is 4.79 Å². The lowest BCUT2D eigenvalue weighted by Gasteiger charge is -2.35. The van der Waals surface area contributed by atoms with E-state index in [1.165, 1.54) is 0 Å². The quantitative estimate of drug-likeness (QED) is 0.602. The molecule has 1 saturated heterocycles. The van der Waals surface area contributed by atoms with Crippen molar-refractivity contribution in [2.24, 2.45) is 0 Å². The van der Waals surface area contributed by atoms with Gasteiger partial charge in [0.25, 0.3) is 0 Å². The Labute approximate surface area is 187 Å². The molecule has 1 N–H and O–H groups in total. The first-order valence-electron chi connectivity index (χ1n) is 9.78. The molecule has 0 saturated carbocycles. The fraction of sp³-hybridized carbons (Fsp3) is 0.409. The van der Waals surface area contributed by atoms with Crippen LogP contribution in [0.5, 0.6) is 0 Å². The molecule has 2 amide bonds. The Kier molecular flexibility index (Phi) is 7.63. The number of carbonyl (C=O) groups excluding carboxylic acids is 1. The van der Waals surface area contributed by atoms with E-state index in [2.05, 4.69) is 17.3 Å². The van der Waals surface area contributed by atoms with Crippen LogP contribution in [0.1, 0.15) is 41.8 Å². The zero-order valence-electron chi connectivity index (χ0n) is 17.0. The second-order valence-electron chi connectivity index (χ2n) is 7.54. The van der Waals surface area contributed by atoms with Gasteiger partial charge in [-0.05, 0) is 68.6 Å². The number of likely N-dealkylation sites (tertiary alicyclic amines) is 1. The van der Waals surface area contributed by atoms with Crippen molar-refractivity contribution in [1.29, 1.82) is 0 Å². The van der Waals surface area contributed by atoms with Gasteiger partial charge in [0.15, 0.2) is 0 Å². The van der Waals surface area contributed by atoms with Crippen LogP contribution in [-0.4, -0.2) is 49.1 Å². The Hall–Kier alpha value is -1.53. The number of thiophene rings is 1. The van der Waals surface area contributed by atoms with Gasteiger partial charge in [-0.15, -0.1) is 11.3 Å². The first-order valence-corrected chi connectivity index (χ1v) is 11.4. The standard InChI is InChI=1S/C22H27Cl2N3OS/c1-15(25-22(28)27(3)17-10-12-26(2)13-11-17)19-9-7-16(20(23)21(19)24)6-8-18-5-4-14-29-18/h4-9,14-15,17H,10-13H2,1-3H3,(H,25,28). The van der Waals surface area contributed by atoms with Gasteiger partial charge in [0.2, 0.25) is 0 Å². The molecule has 1 aliphatic heterocycles. The Morgan fingerprint density at radius 2 is 1.97 bits per heavy atom. The Bertz CT molecular complexity index is 861. The molecule has 4 nitrogen and oxygen atoms in total. The van der Waals surface area contributed by atoms with E-state index in [4.69, 9.17) is 23.2 Å². The van der Waals surface area contributed by atoms with Crippen molar-refractivity contribution in [3.63, 3.8) is 0 Å². The zero-order chi connectivity index (χ0) is 21.0. The van der Waals surface area contributed by atoms with E-state index in [1.807, 2.05) is 60.7 Å². The molecule has 1 unspecified atom stereocenters. The second-order valence-corrected chi connectivity index (χ2v) is 9.27. The number of hydrogen-bond donors (Lipinski definition) is 1. The molecule has 2 aromatic rings. The van der Waals surface area contributed by atoms with Gasteiger partial charge in [-0.3, -0.25) is 0 Å². The SMILES string of the molecule is CC(NC(=O)N(C)C1CCN(C)CC1)c1ccc(C=Cc2cccs2)c(Cl)c1Cl. The first kappa shape index (κ1) is 22.2. The number of urea groups is 1. The summed E-state index contributed by atoms with van der Waals surface area (Å²) < 4.78 is 0. The van der Waals surface area contributed by atoms with E-state index < -0.39 is 0 Å². The summed E-state index contributed by atoms with van der Waals surface area (Å²) in [6.07, 6.45) is 5.96. The van der Waals surface area contributed by atoms with Crippen LogP contribution >= 0.6 is 34.5 Å². The summed E-state index contributed by atoms with van der Waals surface area (Å²) in [5, 5.41) is 6.08. The third kappa shape index (κ3) is 5.54. The molecule has 1 aliphatic rings. The predicted molar refractivity (Wildman–Crippen MR) is 125 cm³/mol. The lowest BCUT2D eigenvalue weighted by molar-refractivity contribution is 0.146. The number of amides is 2. The van der Waals surface area contributed by atoms with Crippen LogP contribution in [0.2, 0.25) is 10.0 Å². The second kappa shape index (κ2) is 9.98. The van der Waals surface area contributed by atoms with Crippen molar-refractivity contribution in [3.8, 4) is 0 Å². The molecule has 156 valence electrons. The molecular formula is C22H27Cl2N3OS. The number of halogens is 2. The van der Waals surface area contributed by atoms with E-state index >= 15 is 0 Å². The summed E-state index contributed by atoms with van der Waals surface area (Å²) in [7, 11) is 3.98. The van der Waals surface area contributed by atoms with Gasteiger partial charge in [0.1, 0.15) is 0 Å². The highest BCUT2D eigenvalue weighted by Crippen LogP contribution is 2.34. The maximum Gasteiger partial charge on any atom is 0.317 e. The average Bonchev–Trinajstić information content (AvgIpc) is 3.22. The molecule has 1 aromatic heterocycles. The van der Waals surface area contributed by atoms with Crippen LogP contribution in [0.25, 0.3) is 12.2 Å². The lowest BCUT2D eigenvalue weighted by Crippen LogP contribution is -2.48. The third-order valence-corrected chi connectivity index (χ3v) is 7.22. The largest absolute Gasteiger partial charge is 0.331 e. The predicted octanol–water partition coefficient (Wildman–Crippen LogP) is 6.02. The average molecular weight is 452 g/mol. The van der Waals surface area contributed by atoms with Gasteiger partial charge in [-0.1, -0.05) is 47.5 Å². The zero-order valence-corrected chi connectivity index (χ0v) is 19.3. The van der Waals surface area contributed by atoms with Crippen molar-refractivity contribution in [3.05, 3.63) is 55.7 Å². The number of carbonyl (C=O) groups is 1. The number of piperidine rings is 1. The fourth-order valence-corrected chi connectivity index (χ4v) is 4.70. The molecule has 0 aliphatic carbocycles. The van der Waals surface area contributed by atoms with Crippen LogP contribution in [0.3, 0.4) is 0 Å². The summed E-state index contributed by atoms with van der Waals surface area (Å²) in [6, 6.07) is 7.87. The summed E-state index contributed by atoms with van der Waals surface area (Å²) >= 11 is 14.7. The van der Waals surface area contributed by atoms with Gasteiger partial charge < -0.3 is 15.1 Å². The normalized spacial score (nSPS) is 16.9. The number of nitrogens with one attached hydrogen (secondary N) is 1. The smallest absolute Gasteiger partial charge is 0.317 e. The van der Waals surface area contributed by atoms with Crippen molar-refractivity contribution in [2.75, 3.05) is 27.2 Å². The summed E-state index contributed by atoms with van der Waals surface area (Å²) in [4.78, 5) is 18.0. The summed E-state index contributed by atoms with van der Waals surface area (Å²) in [5.41, 5.74) is 1.67. The maximum absolute atomic E-state index is 12.7. The first-order chi connectivity index (χ1) is 13.9. The molecule has 0 bridgehead atoms. The minimum atomic E-state index is -0.239. The van der Waals surface area contributed by atoms with E-state index in [-0.39, 0.29) is 18.1 Å². The van der Waals surface area contributed by atoms with Gasteiger partial charge in [0, 0.05) is 18.0 Å². The van der Waals surface area contributed by atoms with Gasteiger partial charge in [-0.25, -0.2) is 4.79 Å². The number of hydrogen-bond acceptors (Lipinski definition) is 3. The summed E-state index contributed by atoms with van der Waals surface area (Å²) in [5.74, 6) is 0. The fourth-order valence-electron chi connectivity index (χ4n) is 3.51. The molecule has 0 radical (unpaired) electrons. The Morgan fingerprint density at radius 3 is 2.62 bits per heavy atom. The van der Waals surface area contributed by atoms with Crippen molar-refractivity contribution < 1.29 is 4.79 Å². The third-order valence-electron chi connectivity index (χ3n) is 5.48. The molecule has 3 rings (SSSR count). The van der Waals surface area contributed by atoms with Gasteiger partial charge in [-0.2, -0.15) is 0 Å². The highest BCUT2D eigenvalue weighted by molar-refractivity contribution is 7.10. The highest BCUT2D eigenvalue weighted by atomic mass is 35.5. The van der Waals surface area contributed by atoms with E-state index in [1.54, 1.807) is 11.3 Å². The Morgan fingerprint density at radius 1 is 1.24 bits per heavy atom. The molecule has 7 heteroatoms. The molecule has 0 spiro atoms. The number of rotatable bonds is 5. The minimum absolute atomic E-state index is 0.0825. The lowest BCUT2D eigenvalue weighted by atomic mass is 10.0. The van der Waals surface area contributed by atoms with Crippen LogP contribution < -0.4 is 5.32 Å². The van der Waals surface area contributed by atoms with Crippen LogP contribution in [-0.2, 0) is 0 Å². The van der Waals surface area contributed by atoms with E-state index in [0.717, 1.165) is 41.9 Å². The van der Waals surface area contributed by atoms with Crippen molar-refractivity contribution >= 4 is 52.7 Å². The topological polar surface area (TPSA) is 35.6 Å². The Balaban J connectivity index is 1.66. The number of benzene rings is 1. The van der Waals surface area contributed by atoms with Gasteiger partial charge >= 0.3 is 6.03 Å². The molecular weight excluding hydrogens is 425 g/mol. The molecule has 1 atom stereocenters. The highest BCUT2D eigenvalue weighted by Gasteiger charge is 2.25. The van der Waals surface area contributed by atoms with Crippen LogP contribution in [0, 0.1) is 0 Å². The monoisotopic (exact) mass is 451 g/mol. The maximum atomic E-state index is 12.7. The molecule has 1 fully saturated rings. The van der Waals surface area contributed by atoms with E-state index in [0.29, 0.717) is 10.0 Å². The van der Waals surface area contributed by atoms with Crippen LogP contribution in [0.15, 0.2) is 29.6 Å².